The van der Waals surface area contributed by atoms with Gasteiger partial charge in [-0.2, -0.15) is 0 Å². The summed E-state index contributed by atoms with van der Waals surface area (Å²) in [6, 6.07) is -6.02. The van der Waals surface area contributed by atoms with E-state index in [-0.39, 0.29) is 131 Å². The van der Waals surface area contributed by atoms with Gasteiger partial charge in [0.05, 0.1) is 111 Å². The maximum absolute atomic E-state index is 13.7. The molecule has 2 heterocycles. The highest BCUT2D eigenvalue weighted by Gasteiger charge is 2.47. The van der Waals surface area contributed by atoms with Crippen molar-refractivity contribution in [3.8, 4) is 0 Å². The molecule has 1 saturated carbocycles. The highest BCUT2D eigenvalue weighted by atomic mass is 32.7. The smallest absolute Gasteiger partial charge is 0.251 e. The standard InChI is InChI=1S/C53H95N8O28PS/c1-29(65)57-41-35(25-32(26-62)44(71)47(41)74)84-21-17-81-14-10-54-38(68)7-5-33(50(77)55-11-15-82-18-22-85-52-42(58-30(2)66)48(75)45(72)36(27-63)88-52)60-39(69)8-6-34(61-40(70)9-13-80-20-24-87-90(4,79)91)51(78)56-12-16-83-19-23-86-53-43(59-31(3)67)49(76)46(73)37(28-64)89-53/h32-37,41-49,52-53,62-64,71-76H,5-28H2,1-4H3,(H,54,68)(H,55,77)(H,56,78)(H,57,65)(H,58,66)(H,59,67)(H,60,69)(H,61,70)(H,79,91). The van der Waals surface area contributed by atoms with Gasteiger partial charge in [-0.25, -0.2) is 0 Å². The Bertz CT molecular complexity index is 2270. The van der Waals surface area contributed by atoms with Crippen molar-refractivity contribution >= 4 is 66.1 Å². The number of thiol groups is 1. The average molecular weight is 1360 g/mol. The lowest BCUT2D eigenvalue weighted by Crippen LogP contribution is -2.64. The Labute approximate surface area is 531 Å². The first-order valence-electron chi connectivity index (χ1n) is 29.8. The van der Waals surface area contributed by atoms with E-state index in [1.54, 1.807) is 0 Å². The quantitative estimate of drug-likeness (QED) is 0.0153. The molecule has 526 valence electrons. The first-order valence-corrected chi connectivity index (χ1v) is 33.0. The summed E-state index contributed by atoms with van der Waals surface area (Å²) in [6.07, 6.45) is -16.0. The van der Waals surface area contributed by atoms with Crippen LogP contribution in [0.15, 0.2) is 0 Å². The van der Waals surface area contributed by atoms with Crippen LogP contribution in [0.1, 0.15) is 59.3 Å². The summed E-state index contributed by atoms with van der Waals surface area (Å²) in [5.74, 6) is -5.73. The van der Waals surface area contributed by atoms with Crippen molar-refractivity contribution in [1.29, 1.82) is 0 Å². The molecular weight excluding hydrogens is 1260 g/mol. The number of nitrogens with one attached hydrogen (secondary N) is 8. The van der Waals surface area contributed by atoms with Gasteiger partial charge in [0, 0.05) is 78.9 Å². The van der Waals surface area contributed by atoms with E-state index in [1.807, 2.05) is 0 Å². The van der Waals surface area contributed by atoms with Crippen LogP contribution >= 0.6 is 18.8 Å². The van der Waals surface area contributed by atoms with Gasteiger partial charge in [-0.15, -0.1) is 0 Å². The molecule has 3 fully saturated rings. The van der Waals surface area contributed by atoms with Crippen LogP contribution in [-0.2, 0) is 90.1 Å². The molecule has 0 radical (unpaired) electrons. The molecule has 17 N–H and O–H groups in total. The number of aliphatic hydroxyl groups is 9. The van der Waals surface area contributed by atoms with Crippen LogP contribution in [0.2, 0.25) is 0 Å². The van der Waals surface area contributed by atoms with E-state index in [1.165, 1.54) is 27.4 Å². The highest BCUT2D eigenvalue weighted by Crippen LogP contribution is 2.47. The lowest BCUT2D eigenvalue weighted by atomic mass is 9.79. The van der Waals surface area contributed by atoms with Gasteiger partial charge < -0.3 is 136 Å². The number of hydrogen-bond donors (Lipinski definition) is 18. The molecule has 0 spiro atoms. The molecule has 38 heteroatoms. The van der Waals surface area contributed by atoms with Crippen molar-refractivity contribution in [2.24, 2.45) is 5.92 Å². The zero-order chi connectivity index (χ0) is 67.6. The van der Waals surface area contributed by atoms with Crippen molar-refractivity contribution in [2.45, 2.75) is 157 Å². The fourth-order valence-electron chi connectivity index (χ4n) is 9.54. The molecule has 2 aliphatic heterocycles. The first kappa shape index (κ1) is 80.8. The van der Waals surface area contributed by atoms with E-state index in [2.05, 4.69) is 54.8 Å². The Morgan fingerprint density at radius 2 is 0.879 bits per heavy atom. The molecular formula is C53H95N8O28PS. The molecule has 3 aliphatic rings. The van der Waals surface area contributed by atoms with Crippen molar-refractivity contribution in [2.75, 3.05) is 125 Å². The molecule has 18 atom stereocenters. The van der Waals surface area contributed by atoms with Gasteiger partial charge in [0.2, 0.25) is 47.3 Å². The highest BCUT2D eigenvalue weighted by molar-refractivity contribution is 8.46. The Hall–Kier alpha value is -4.42. The minimum absolute atomic E-state index is 0.000234. The first-order chi connectivity index (χ1) is 43.2. The Morgan fingerprint density at radius 3 is 1.32 bits per heavy atom. The van der Waals surface area contributed by atoms with Crippen LogP contribution in [0.25, 0.3) is 0 Å². The predicted molar refractivity (Wildman–Crippen MR) is 315 cm³/mol. The van der Waals surface area contributed by atoms with Gasteiger partial charge in [-0.1, -0.05) is 12.2 Å². The SMILES string of the molecule is CC(=O)NC1C(OCCOCCNC(=O)CCC(NC(=O)CCC(NC(=O)CCOCCOP(C)(=O)S)C(=O)NCCOCCOC2OC(CO)C(O)C(O)C2NC(C)=O)C(=O)NCCOCCOC2OC(CO)C(O)C(O)C2NC(C)=O)CC(CO)C(O)C1O. The molecule has 1 aliphatic carbocycles. The zero-order valence-electron chi connectivity index (χ0n) is 51.5. The maximum atomic E-state index is 13.7. The monoisotopic (exact) mass is 1350 g/mol. The predicted octanol–water partition coefficient (Wildman–Crippen LogP) is -8.36. The number of ether oxygens (including phenoxy) is 9. The number of carbonyl (C=O) groups excluding carboxylic acids is 8. The lowest BCUT2D eigenvalue weighted by Gasteiger charge is -2.42. The van der Waals surface area contributed by atoms with Crippen molar-refractivity contribution in [1.82, 2.24) is 42.5 Å². The lowest BCUT2D eigenvalue weighted by molar-refractivity contribution is -0.272. The third kappa shape index (κ3) is 30.7. The molecule has 3 rings (SSSR count). The normalized spacial score (nSPS) is 27.9. The maximum Gasteiger partial charge on any atom is 0.251 e. The summed E-state index contributed by atoms with van der Waals surface area (Å²) < 4.78 is 67.0. The summed E-state index contributed by atoms with van der Waals surface area (Å²) >= 11 is 3.84. The van der Waals surface area contributed by atoms with Gasteiger partial charge in [0.25, 0.3) is 6.57 Å². The topological polar surface area (TPSA) is 524 Å². The number of carbonyl (C=O) groups is 8. The number of amides is 8. The number of aliphatic hydroxyl groups excluding tert-OH is 9. The largest absolute Gasteiger partial charge is 0.396 e. The Balaban J connectivity index is 1.62. The van der Waals surface area contributed by atoms with E-state index >= 15 is 0 Å². The van der Waals surface area contributed by atoms with Crippen LogP contribution in [0, 0.1) is 5.92 Å². The molecule has 91 heavy (non-hydrogen) atoms. The summed E-state index contributed by atoms with van der Waals surface area (Å²) in [5.41, 5.74) is 0. The molecule has 0 aromatic carbocycles. The Kier molecular flexibility index (Phi) is 38.7. The van der Waals surface area contributed by atoms with E-state index in [0.717, 1.165) is 0 Å². The van der Waals surface area contributed by atoms with Gasteiger partial charge in [-0.3, -0.25) is 42.9 Å². The number of hydrogen-bond acceptors (Lipinski definition) is 28. The summed E-state index contributed by atoms with van der Waals surface area (Å²) in [6.45, 7) is -1.22. The molecule has 2 saturated heterocycles. The molecule has 0 bridgehead atoms. The average Bonchev–Trinajstić information content (AvgIpc) is 1.78. The second-order valence-corrected chi connectivity index (χ2v) is 25.5. The van der Waals surface area contributed by atoms with E-state index in [4.69, 9.17) is 47.2 Å². The van der Waals surface area contributed by atoms with Crippen LogP contribution in [0.4, 0.5) is 0 Å². The second kappa shape index (κ2) is 43.5. The van der Waals surface area contributed by atoms with Crippen molar-refractivity contribution in [3.05, 3.63) is 0 Å². The van der Waals surface area contributed by atoms with Gasteiger partial charge in [0.1, 0.15) is 66.9 Å². The second-order valence-electron chi connectivity index (χ2n) is 21.5. The van der Waals surface area contributed by atoms with E-state index in [9.17, 15) is 88.9 Å². The van der Waals surface area contributed by atoms with Gasteiger partial charge in [0.15, 0.2) is 12.6 Å². The molecule has 0 aromatic rings. The summed E-state index contributed by atoms with van der Waals surface area (Å²) in [5, 5.41) is 112. The van der Waals surface area contributed by atoms with Crippen LogP contribution in [-0.4, -0.2) is 316 Å². The molecule has 18 unspecified atom stereocenters. The van der Waals surface area contributed by atoms with Crippen molar-refractivity contribution < 1.29 is 136 Å². The third-order valence-electron chi connectivity index (χ3n) is 14.1. The fourth-order valence-corrected chi connectivity index (χ4v) is 10.2. The minimum Gasteiger partial charge on any atom is -0.396 e. The molecule has 36 nitrogen and oxygen atoms in total. The van der Waals surface area contributed by atoms with Gasteiger partial charge >= 0.3 is 0 Å². The summed E-state index contributed by atoms with van der Waals surface area (Å²) in [7, 11) is 0. The fraction of sp³-hybridized carbons (Fsp3) is 0.849. The zero-order valence-corrected chi connectivity index (χ0v) is 53.3. The molecule has 8 amide bonds. The Morgan fingerprint density at radius 1 is 0.484 bits per heavy atom. The van der Waals surface area contributed by atoms with Gasteiger partial charge in [-0.05, 0) is 19.3 Å². The van der Waals surface area contributed by atoms with Crippen LogP contribution in [0.3, 0.4) is 0 Å². The minimum atomic E-state index is -3.09. The summed E-state index contributed by atoms with van der Waals surface area (Å²) in [4.78, 5) is 102. The van der Waals surface area contributed by atoms with Crippen molar-refractivity contribution in [3.63, 3.8) is 0 Å². The van der Waals surface area contributed by atoms with E-state index < -0.39 is 184 Å². The van der Waals surface area contributed by atoms with E-state index in [0.29, 0.717) is 0 Å². The molecule has 0 aromatic heterocycles. The van der Waals surface area contributed by atoms with Crippen LogP contribution < -0.4 is 42.5 Å². The third-order valence-corrected chi connectivity index (χ3v) is 15.1. The van der Waals surface area contributed by atoms with Crippen LogP contribution in [0.5, 0.6) is 0 Å². The number of rotatable bonds is 44.